The van der Waals surface area contributed by atoms with Crippen LogP contribution >= 0.6 is 0 Å². The van der Waals surface area contributed by atoms with Gasteiger partial charge in [-0.2, -0.15) is 0 Å². The van der Waals surface area contributed by atoms with Crippen LogP contribution < -0.4 is 5.56 Å². The molecule has 0 spiro atoms. The van der Waals surface area contributed by atoms with Gasteiger partial charge in [0.2, 0.25) is 0 Å². The molecule has 0 radical (unpaired) electrons. The molecule has 0 aliphatic heterocycles. The Bertz CT molecular complexity index is 1160. The zero-order valence-corrected chi connectivity index (χ0v) is 18.6. The van der Waals surface area contributed by atoms with E-state index in [2.05, 4.69) is 15.4 Å². The minimum Gasteiger partial charge on any atom is -0.465 e. The molecule has 2 aromatic rings. The molecular weight excluding hydrogens is 414 g/mol. The molecule has 3 rings (SSSR count). The van der Waals surface area contributed by atoms with E-state index in [-0.39, 0.29) is 11.3 Å². The van der Waals surface area contributed by atoms with Gasteiger partial charge in [-0.05, 0) is 52.0 Å². The molecule has 0 saturated heterocycles. The standard InChI is InChI=1S/C23H27N3O6/c1-15-11-19(16(2)25(15)10-9-17-7-5-4-6-8-17)21(27)14-24-13-18(23(29)32-3)12-20(22(24)28)26(30)31/h7,11-13H,4-6,8-10,14H2,1-3H3. The van der Waals surface area contributed by atoms with Crippen LogP contribution in [0.4, 0.5) is 5.69 Å². The summed E-state index contributed by atoms with van der Waals surface area (Å²) in [5.74, 6) is -1.19. The molecule has 0 aromatic carbocycles. The second kappa shape index (κ2) is 9.76. The van der Waals surface area contributed by atoms with Gasteiger partial charge in [-0.15, -0.1) is 0 Å². The fraction of sp³-hybridized carbons (Fsp3) is 0.435. The van der Waals surface area contributed by atoms with Crippen molar-refractivity contribution in [3.05, 3.63) is 73.0 Å². The molecular formula is C23H27N3O6. The number of pyridine rings is 1. The molecule has 0 saturated carbocycles. The molecule has 0 bridgehead atoms. The number of nitrogens with zero attached hydrogens (tertiary/aromatic N) is 3. The lowest BCUT2D eigenvalue weighted by Gasteiger charge is -2.15. The first-order chi connectivity index (χ1) is 15.2. The summed E-state index contributed by atoms with van der Waals surface area (Å²) in [5.41, 5.74) is 1.71. The molecule has 32 heavy (non-hydrogen) atoms. The Labute approximate surface area is 185 Å². The number of rotatable bonds is 8. The number of nitro groups is 1. The fourth-order valence-electron chi connectivity index (χ4n) is 4.15. The lowest BCUT2D eigenvalue weighted by atomic mass is 9.97. The summed E-state index contributed by atoms with van der Waals surface area (Å²) in [5, 5.41) is 11.2. The number of carbonyl (C=O) groups excluding carboxylic acids is 2. The van der Waals surface area contributed by atoms with Gasteiger partial charge in [-0.1, -0.05) is 11.6 Å². The lowest BCUT2D eigenvalue weighted by Crippen LogP contribution is -2.27. The molecule has 9 heteroatoms. The highest BCUT2D eigenvalue weighted by Gasteiger charge is 2.23. The van der Waals surface area contributed by atoms with E-state index >= 15 is 0 Å². The van der Waals surface area contributed by atoms with Crippen molar-refractivity contribution in [2.75, 3.05) is 7.11 Å². The van der Waals surface area contributed by atoms with Crippen molar-refractivity contribution in [3.8, 4) is 0 Å². The van der Waals surface area contributed by atoms with Gasteiger partial charge in [0.25, 0.3) is 0 Å². The maximum Gasteiger partial charge on any atom is 0.339 e. The summed E-state index contributed by atoms with van der Waals surface area (Å²) in [7, 11) is 1.13. The van der Waals surface area contributed by atoms with Gasteiger partial charge >= 0.3 is 17.2 Å². The minimum atomic E-state index is -0.950. The number of esters is 1. The minimum absolute atomic E-state index is 0.169. The van der Waals surface area contributed by atoms with Crippen molar-refractivity contribution in [1.29, 1.82) is 0 Å². The quantitative estimate of drug-likeness (QED) is 0.203. The molecule has 170 valence electrons. The summed E-state index contributed by atoms with van der Waals surface area (Å²) in [4.78, 5) is 47.7. The Kier molecular flexibility index (Phi) is 7.07. The molecule has 0 unspecified atom stereocenters. The van der Waals surface area contributed by atoms with Gasteiger partial charge in [0.1, 0.15) is 0 Å². The van der Waals surface area contributed by atoms with E-state index in [0.29, 0.717) is 5.56 Å². The molecule has 0 N–H and O–H groups in total. The summed E-state index contributed by atoms with van der Waals surface area (Å²) in [6, 6.07) is 2.64. The number of aryl methyl sites for hydroxylation is 1. The highest BCUT2D eigenvalue weighted by Crippen LogP contribution is 2.23. The number of carbonyl (C=O) groups is 2. The average molecular weight is 441 g/mol. The second-order valence-corrected chi connectivity index (χ2v) is 8.01. The largest absolute Gasteiger partial charge is 0.465 e. The first-order valence-electron chi connectivity index (χ1n) is 10.6. The van der Waals surface area contributed by atoms with E-state index < -0.39 is 28.7 Å². The van der Waals surface area contributed by atoms with E-state index in [1.54, 1.807) is 6.07 Å². The van der Waals surface area contributed by atoms with Crippen LogP contribution in [0.25, 0.3) is 0 Å². The van der Waals surface area contributed by atoms with Gasteiger partial charge < -0.3 is 13.9 Å². The van der Waals surface area contributed by atoms with Crippen LogP contribution in [0.15, 0.2) is 34.8 Å². The summed E-state index contributed by atoms with van der Waals surface area (Å²) in [6.07, 6.45) is 9.03. The zero-order valence-electron chi connectivity index (χ0n) is 18.6. The van der Waals surface area contributed by atoms with Crippen LogP contribution in [0.2, 0.25) is 0 Å². The van der Waals surface area contributed by atoms with E-state index in [1.165, 1.54) is 18.4 Å². The van der Waals surface area contributed by atoms with Crippen molar-refractivity contribution in [3.63, 3.8) is 0 Å². The van der Waals surface area contributed by atoms with Crippen LogP contribution in [-0.4, -0.2) is 32.9 Å². The third-order valence-corrected chi connectivity index (χ3v) is 5.91. The third-order valence-electron chi connectivity index (χ3n) is 5.91. The third kappa shape index (κ3) is 4.87. The Morgan fingerprint density at radius 3 is 2.59 bits per heavy atom. The van der Waals surface area contributed by atoms with E-state index in [0.717, 1.165) is 61.1 Å². The number of ether oxygens (including phenoxy) is 1. The van der Waals surface area contributed by atoms with Crippen molar-refractivity contribution in [1.82, 2.24) is 9.13 Å². The number of hydrogen-bond acceptors (Lipinski definition) is 6. The number of ketones is 1. The molecule has 2 aromatic heterocycles. The van der Waals surface area contributed by atoms with Crippen LogP contribution in [0.1, 0.15) is 64.2 Å². The van der Waals surface area contributed by atoms with Crippen LogP contribution in [0.3, 0.4) is 0 Å². The lowest BCUT2D eigenvalue weighted by molar-refractivity contribution is -0.386. The number of Topliss-reactive ketones (excluding diaryl/α,β-unsaturated/α-hetero) is 1. The van der Waals surface area contributed by atoms with Gasteiger partial charge in [-0.3, -0.25) is 19.7 Å². The monoisotopic (exact) mass is 441 g/mol. The molecule has 1 aliphatic carbocycles. The molecule has 2 heterocycles. The smallest absolute Gasteiger partial charge is 0.339 e. The van der Waals surface area contributed by atoms with E-state index in [1.807, 2.05) is 13.8 Å². The fourth-order valence-corrected chi connectivity index (χ4v) is 4.15. The Hall–Kier alpha value is -3.49. The highest BCUT2D eigenvalue weighted by molar-refractivity contribution is 5.97. The molecule has 0 atom stereocenters. The van der Waals surface area contributed by atoms with Crippen LogP contribution in [0.5, 0.6) is 0 Å². The molecule has 1 aliphatic rings. The van der Waals surface area contributed by atoms with E-state index in [4.69, 9.17) is 0 Å². The maximum atomic E-state index is 13.0. The van der Waals surface area contributed by atoms with Crippen LogP contribution in [0, 0.1) is 24.0 Å². The maximum absolute atomic E-state index is 13.0. The van der Waals surface area contributed by atoms with Crippen molar-refractivity contribution >= 4 is 17.4 Å². The van der Waals surface area contributed by atoms with Crippen molar-refractivity contribution < 1.29 is 19.2 Å². The SMILES string of the molecule is COC(=O)c1cc([N+](=O)[O-])c(=O)n(CC(=O)c2cc(C)n(CCC3=CCCCC3)c2C)c1. The predicted molar refractivity (Wildman–Crippen MR) is 118 cm³/mol. The Balaban J connectivity index is 1.86. The number of allylic oxidation sites excluding steroid dienone is 2. The first-order valence-corrected chi connectivity index (χ1v) is 10.6. The Morgan fingerprint density at radius 1 is 1.22 bits per heavy atom. The Morgan fingerprint density at radius 2 is 1.97 bits per heavy atom. The van der Waals surface area contributed by atoms with Gasteiger partial charge in [0, 0.05) is 35.8 Å². The topological polar surface area (TPSA) is 113 Å². The molecule has 9 nitrogen and oxygen atoms in total. The number of hydrogen-bond donors (Lipinski definition) is 0. The predicted octanol–water partition coefficient (Wildman–Crippen LogP) is 3.73. The van der Waals surface area contributed by atoms with E-state index in [9.17, 15) is 24.5 Å². The van der Waals surface area contributed by atoms with Crippen molar-refractivity contribution in [2.24, 2.45) is 0 Å². The summed E-state index contributed by atoms with van der Waals surface area (Å²) >= 11 is 0. The molecule has 0 fully saturated rings. The summed E-state index contributed by atoms with van der Waals surface area (Å²) in [6.45, 7) is 4.12. The average Bonchev–Trinajstić information content (AvgIpc) is 3.06. The number of aromatic nitrogens is 2. The van der Waals surface area contributed by atoms with Crippen molar-refractivity contribution in [2.45, 2.75) is 59.0 Å². The normalized spacial score (nSPS) is 13.5. The summed E-state index contributed by atoms with van der Waals surface area (Å²) < 4.78 is 7.58. The highest BCUT2D eigenvalue weighted by atomic mass is 16.6. The second-order valence-electron chi connectivity index (χ2n) is 8.01. The van der Waals surface area contributed by atoms with Gasteiger partial charge in [-0.25, -0.2) is 4.79 Å². The van der Waals surface area contributed by atoms with Gasteiger partial charge in [0.05, 0.1) is 24.1 Å². The first kappa shape index (κ1) is 23.2. The van der Waals surface area contributed by atoms with Crippen LogP contribution in [-0.2, 0) is 17.8 Å². The molecule has 0 amide bonds. The number of methoxy groups -OCH3 is 1. The van der Waals surface area contributed by atoms with Gasteiger partial charge in [0.15, 0.2) is 5.78 Å². The zero-order chi connectivity index (χ0) is 23.4.